The number of carbonyl (C=O) groups is 2. The van der Waals surface area contributed by atoms with E-state index in [1.165, 1.54) is 4.90 Å². The lowest BCUT2D eigenvalue weighted by Gasteiger charge is -2.30. The molecule has 3 aliphatic heterocycles. The van der Waals surface area contributed by atoms with E-state index in [-0.39, 0.29) is 18.0 Å². The first-order valence-electron chi connectivity index (χ1n) is 8.14. The maximum atomic E-state index is 12.5. The molecule has 3 fully saturated rings. The van der Waals surface area contributed by atoms with Crippen LogP contribution in [0, 0.1) is 0 Å². The summed E-state index contributed by atoms with van der Waals surface area (Å²) >= 11 is 0. The number of imide groups is 1. The van der Waals surface area contributed by atoms with E-state index in [2.05, 4.69) is 9.88 Å². The highest BCUT2D eigenvalue weighted by molar-refractivity contribution is 6.04. The Hall–Kier alpha value is -2.15. The number of urea groups is 1. The van der Waals surface area contributed by atoms with Crippen molar-refractivity contribution in [2.75, 3.05) is 37.7 Å². The number of nitrogens with zero attached hydrogens (tertiary/aromatic N) is 4. The molecule has 4 heterocycles. The van der Waals surface area contributed by atoms with Crippen molar-refractivity contribution in [3.8, 4) is 0 Å². The molecule has 7 nitrogen and oxygen atoms in total. The first-order valence-corrected chi connectivity index (χ1v) is 8.14. The second-order valence-corrected chi connectivity index (χ2v) is 6.14. The summed E-state index contributed by atoms with van der Waals surface area (Å²) < 4.78 is 5.38. The van der Waals surface area contributed by atoms with Gasteiger partial charge < -0.3 is 14.5 Å². The Kier molecular flexibility index (Phi) is 3.65. The molecular weight excluding hydrogens is 296 g/mol. The molecule has 0 aliphatic carbocycles. The van der Waals surface area contributed by atoms with Gasteiger partial charge in [0.25, 0.3) is 5.91 Å². The Morgan fingerprint density at radius 3 is 2.83 bits per heavy atom. The minimum absolute atomic E-state index is 0.0655. The van der Waals surface area contributed by atoms with E-state index in [0.29, 0.717) is 26.3 Å². The number of pyridine rings is 1. The number of hydrogen-bond acceptors (Lipinski definition) is 5. The number of anilines is 1. The average molecular weight is 316 g/mol. The zero-order valence-electron chi connectivity index (χ0n) is 13.0. The number of amides is 3. The number of aromatic nitrogens is 1. The Labute approximate surface area is 134 Å². The van der Waals surface area contributed by atoms with E-state index in [1.807, 2.05) is 12.1 Å². The van der Waals surface area contributed by atoms with Crippen molar-refractivity contribution >= 4 is 17.8 Å². The summed E-state index contributed by atoms with van der Waals surface area (Å²) in [6.07, 6.45) is 3.45. The SMILES string of the molecule is O=C1[C@@H]2CCCN2C(=O)N1Cc1cccnc1N1CCOCC1. The Morgan fingerprint density at radius 1 is 1.22 bits per heavy atom. The number of rotatable bonds is 3. The number of morpholine rings is 1. The number of fused-ring (bicyclic) bond motifs is 1. The number of ether oxygens (including phenoxy) is 1. The summed E-state index contributed by atoms with van der Waals surface area (Å²) in [6.45, 7) is 3.89. The Bertz CT molecular complexity index is 608. The molecule has 23 heavy (non-hydrogen) atoms. The normalized spacial score (nSPS) is 24.5. The highest BCUT2D eigenvalue weighted by Crippen LogP contribution is 2.30. The zero-order chi connectivity index (χ0) is 15.8. The van der Waals surface area contributed by atoms with Crippen LogP contribution in [0.5, 0.6) is 0 Å². The molecule has 0 bridgehead atoms. The van der Waals surface area contributed by atoms with E-state index in [9.17, 15) is 9.59 Å². The van der Waals surface area contributed by atoms with Gasteiger partial charge in [0.1, 0.15) is 11.9 Å². The van der Waals surface area contributed by atoms with E-state index >= 15 is 0 Å². The van der Waals surface area contributed by atoms with Crippen molar-refractivity contribution in [1.29, 1.82) is 0 Å². The van der Waals surface area contributed by atoms with Crippen LogP contribution in [0.2, 0.25) is 0 Å². The van der Waals surface area contributed by atoms with Gasteiger partial charge in [0, 0.05) is 31.4 Å². The molecule has 3 amide bonds. The van der Waals surface area contributed by atoms with Gasteiger partial charge in [-0.25, -0.2) is 9.78 Å². The fourth-order valence-corrected chi connectivity index (χ4v) is 3.61. The Balaban J connectivity index is 1.57. The van der Waals surface area contributed by atoms with Crippen molar-refractivity contribution in [2.45, 2.75) is 25.4 Å². The topological polar surface area (TPSA) is 66.0 Å². The second-order valence-electron chi connectivity index (χ2n) is 6.14. The van der Waals surface area contributed by atoms with Gasteiger partial charge in [-0.3, -0.25) is 9.69 Å². The molecule has 3 saturated heterocycles. The predicted octanol–water partition coefficient (Wildman–Crippen LogP) is 0.845. The summed E-state index contributed by atoms with van der Waals surface area (Å²) in [7, 11) is 0. The molecule has 7 heteroatoms. The summed E-state index contributed by atoms with van der Waals surface area (Å²) in [6, 6.07) is 3.40. The zero-order valence-corrected chi connectivity index (χ0v) is 13.0. The molecule has 0 aromatic carbocycles. The molecule has 122 valence electrons. The van der Waals surface area contributed by atoms with Gasteiger partial charge in [-0.2, -0.15) is 0 Å². The van der Waals surface area contributed by atoms with Crippen molar-refractivity contribution in [2.24, 2.45) is 0 Å². The quantitative estimate of drug-likeness (QED) is 0.773. The molecule has 1 atom stereocenters. The highest BCUT2D eigenvalue weighted by atomic mass is 16.5. The predicted molar refractivity (Wildman–Crippen MR) is 82.9 cm³/mol. The first kappa shape index (κ1) is 14.4. The second kappa shape index (κ2) is 5.81. The summed E-state index contributed by atoms with van der Waals surface area (Å²) in [5, 5.41) is 0. The summed E-state index contributed by atoms with van der Waals surface area (Å²) in [5.74, 6) is 0.785. The van der Waals surface area contributed by atoms with Gasteiger partial charge in [-0.05, 0) is 18.9 Å². The van der Waals surface area contributed by atoms with Gasteiger partial charge in [0.2, 0.25) is 0 Å². The van der Waals surface area contributed by atoms with Crippen LogP contribution in [0.4, 0.5) is 10.6 Å². The molecule has 0 unspecified atom stereocenters. The fraction of sp³-hybridized carbons (Fsp3) is 0.562. The minimum Gasteiger partial charge on any atom is -0.378 e. The van der Waals surface area contributed by atoms with E-state index < -0.39 is 0 Å². The van der Waals surface area contributed by atoms with Crippen LogP contribution in [0.15, 0.2) is 18.3 Å². The number of carbonyl (C=O) groups excluding carboxylic acids is 2. The maximum absolute atomic E-state index is 12.5. The van der Waals surface area contributed by atoms with Crippen molar-refractivity contribution < 1.29 is 14.3 Å². The third-order valence-electron chi connectivity index (χ3n) is 4.79. The monoisotopic (exact) mass is 316 g/mol. The molecular formula is C16H20N4O3. The third kappa shape index (κ3) is 2.45. The Morgan fingerprint density at radius 2 is 2.04 bits per heavy atom. The molecule has 1 aromatic rings. The molecule has 4 rings (SSSR count). The van der Waals surface area contributed by atoms with Crippen molar-refractivity contribution in [1.82, 2.24) is 14.8 Å². The van der Waals surface area contributed by atoms with Crippen molar-refractivity contribution in [3.63, 3.8) is 0 Å². The van der Waals surface area contributed by atoms with Gasteiger partial charge in [0.05, 0.1) is 19.8 Å². The minimum atomic E-state index is -0.244. The smallest absolute Gasteiger partial charge is 0.327 e. The summed E-state index contributed by atoms with van der Waals surface area (Å²) in [5.41, 5.74) is 0.914. The lowest BCUT2D eigenvalue weighted by atomic mass is 10.2. The van der Waals surface area contributed by atoms with Crippen LogP contribution < -0.4 is 4.90 Å². The van der Waals surface area contributed by atoms with E-state index in [0.717, 1.165) is 37.3 Å². The fourth-order valence-electron chi connectivity index (χ4n) is 3.61. The molecule has 0 N–H and O–H groups in total. The largest absolute Gasteiger partial charge is 0.378 e. The van der Waals surface area contributed by atoms with Crippen molar-refractivity contribution in [3.05, 3.63) is 23.9 Å². The molecule has 1 aromatic heterocycles. The molecule has 0 saturated carbocycles. The van der Waals surface area contributed by atoms with Gasteiger partial charge in [-0.1, -0.05) is 6.07 Å². The van der Waals surface area contributed by atoms with Crippen LogP contribution in [0.25, 0.3) is 0 Å². The lowest BCUT2D eigenvalue weighted by Crippen LogP contribution is -2.38. The number of hydrogen-bond donors (Lipinski definition) is 0. The van der Waals surface area contributed by atoms with Gasteiger partial charge in [0.15, 0.2) is 0 Å². The van der Waals surface area contributed by atoms with E-state index in [4.69, 9.17) is 4.74 Å². The molecule has 0 spiro atoms. The highest BCUT2D eigenvalue weighted by Gasteiger charge is 2.47. The average Bonchev–Trinajstić information content (AvgIpc) is 3.16. The standard InChI is InChI=1S/C16H20N4O3/c21-15-13-4-2-6-19(13)16(22)20(15)11-12-3-1-5-17-14(12)18-7-9-23-10-8-18/h1,3,5,13H,2,4,6-11H2/t13-/m0/s1. The van der Waals surface area contributed by atoms with Gasteiger partial charge in [-0.15, -0.1) is 0 Å². The van der Waals surface area contributed by atoms with Crippen LogP contribution in [0.3, 0.4) is 0 Å². The van der Waals surface area contributed by atoms with Gasteiger partial charge >= 0.3 is 6.03 Å². The first-order chi connectivity index (χ1) is 11.3. The summed E-state index contributed by atoms with van der Waals surface area (Å²) in [4.78, 5) is 34.7. The molecule has 0 radical (unpaired) electrons. The van der Waals surface area contributed by atoms with E-state index in [1.54, 1.807) is 11.1 Å². The molecule has 3 aliphatic rings. The van der Waals surface area contributed by atoms with Crippen LogP contribution in [0.1, 0.15) is 18.4 Å². The van der Waals surface area contributed by atoms with Crippen LogP contribution >= 0.6 is 0 Å². The third-order valence-corrected chi connectivity index (χ3v) is 4.79. The van der Waals surface area contributed by atoms with Crippen LogP contribution in [-0.4, -0.2) is 65.6 Å². The van der Waals surface area contributed by atoms with Crippen LogP contribution in [-0.2, 0) is 16.1 Å². The lowest BCUT2D eigenvalue weighted by molar-refractivity contribution is -0.128. The maximum Gasteiger partial charge on any atom is 0.327 e.